The first-order valence-corrected chi connectivity index (χ1v) is 13.8. The van der Waals surface area contributed by atoms with Gasteiger partial charge in [-0.15, -0.1) is 0 Å². The molecule has 82 valence electrons. The topological polar surface area (TPSA) is 17.1 Å². The predicted molar refractivity (Wildman–Crippen MR) is 67.0 cm³/mol. The van der Waals surface area contributed by atoms with Crippen LogP contribution >= 0.6 is 0 Å². The number of carbonyl (C=O) groups is 1. The molecule has 0 saturated heterocycles. The van der Waals surface area contributed by atoms with Gasteiger partial charge >= 0.3 is 101 Å². The van der Waals surface area contributed by atoms with Crippen molar-refractivity contribution in [1.82, 2.24) is 0 Å². The van der Waals surface area contributed by atoms with Crippen molar-refractivity contribution in [2.24, 2.45) is 0 Å². The first-order chi connectivity index (χ1) is 6.85. The van der Waals surface area contributed by atoms with Crippen molar-refractivity contribution in [3.8, 4) is 0 Å². The van der Waals surface area contributed by atoms with Gasteiger partial charge < -0.3 is 0 Å². The van der Waals surface area contributed by atoms with Crippen molar-refractivity contribution in [3.05, 3.63) is 35.4 Å². The number of hydrogen-bond acceptors (Lipinski definition) is 1. The molecule has 0 heterocycles. The SMILES string of the molecule is CC(=O)c1ccc([C](C)(C)[Bi]([CH3])[CH3])cc1. The average Bonchev–Trinajstić information content (AvgIpc) is 2.17. The molecule has 0 N–H and O–H groups in total. The Morgan fingerprint density at radius 3 is 1.93 bits per heavy atom. The van der Waals surface area contributed by atoms with Crippen molar-refractivity contribution in [1.29, 1.82) is 0 Å². The quantitative estimate of drug-likeness (QED) is 0.561. The zero-order valence-corrected chi connectivity index (χ0v) is 13.6. The number of hydrogen-bond donors (Lipinski definition) is 0. The summed E-state index contributed by atoms with van der Waals surface area (Å²) in [5.41, 5.74) is 2.20. The summed E-state index contributed by atoms with van der Waals surface area (Å²) in [5, 5.41) is 0. The Balaban J connectivity index is 3.04. The molecule has 0 saturated carbocycles. The molecule has 1 aromatic rings. The van der Waals surface area contributed by atoms with E-state index in [4.69, 9.17) is 0 Å². The summed E-state index contributed by atoms with van der Waals surface area (Å²) in [6.07, 6.45) is 0. The average molecular weight is 400 g/mol. The monoisotopic (exact) mass is 400 g/mol. The van der Waals surface area contributed by atoms with E-state index in [1.165, 1.54) is 5.56 Å². The molecule has 0 aliphatic carbocycles. The Morgan fingerprint density at radius 1 is 1.13 bits per heavy atom. The van der Waals surface area contributed by atoms with Crippen LogP contribution in [0.2, 0.25) is 9.26 Å². The fourth-order valence-electron chi connectivity index (χ4n) is 1.37. The number of carbonyl (C=O) groups excluding carboxylic acids is 1. The second-order valence-corrected chi connectivity index (χ2v) is 15.9. The van der Waals surface area contributed by atoms with Crippen molar-refractivity contribution in [2.75, 3.05) is 0 Å². The Morgan fingerprint density at radius 2 is 1.60 bits per heavy atom. The second-order valence-electron chi connectivity index (χ2n) is 4.59. The molecular formula is C13H19BiO. The van der Waals surface area contributed by atoms with Crippen LogP contribution in [0.15, 0.2) is 24.3 Å². The Kier molecular flexibility index (Phi) is 4.06. The van der Waals surface area contributed by atoms with Crippen molar-refractivity contribution in [2.45, 2.75) is 33.2 Å². The van der Waals surface area contributed by atoms with Gasteiger partial charge in [0.1, 0.15) is 0 Å². The van der Waals surface area contributed by atoms with Crippen molar-refractivity contribution in [3.63, 3.8) is 0 Å². The van der Waals surface area contributed by atoms with Gasteiger partial charge in [0.25, 0.3) is 0 Å². The number of Topliss-reactive ketones (excluding diaryl/α,β-unsaturated/α-hetero) is 1. The molecule has 0 bridgehead atoms. The molecule has 0 unspecified atom stereocenters. The zero-order valence-electron chi connectivity index (χ0n) is 10.2. The Bertz CT molecular complexity index is 349. The zero-order chi connectivity index (χ0) is 11.6. The molecule has 1 aromatic carbocycles. The number of ketones is 1. The molecule has 0 amide bonds. The van der Waals surface area contributed by atoms with E-state index in [2.05, 4.69) is 35.2 Å². The van der Waals surface area contributed by atoms with E-state index in [0.717, 1.165) is 5.56 Å². The van der Waals surface area contributed by atoms with Crippen LogP contribution in [0.3, 0.4) is 0 Å². The molecule has 1 nitrogen and oxygen atoms in total. The van der Waals surface area contributed by atoms with Gasteiger partial charge in [0, 0.05) is 0 Å². The number of rotatable bonds is 3. The van der Waals surface area contributed by atoms with Crippen LogP contribution in [-0.2, 0) is 3.12 Å². The van der Waals surface area contributed by atoms with E-state index in [9.17, 15) is 4.79 Å². The molecule has 0 fully saturated rings. The normalized spacial score (nSPS) is 11.9. The second kappa shape index (κ2) is 4.74. The third-order valence-electron chi connectivity index (χ3n) is 3.12. The van der Waals surface area contributed by atoms with Crippen LogP contribution in [0.4, 0.5) is 0 Å². The molecule has 15 heavy (non-hydrogen) atoms. The summed E-state index contributed by atoms with van der Waals surface area (Å²) in [6.45, 7) is 6.27. The van der Waals surface area contributed by atoms with Crippen molar-refractivity contribution < 1.29 is 4.79 Å². The van der Waals surface area contributed by atoms with Gasteiger partial charge in [-0.1, -0.05) is 0 Å². The maximum atomic E-state index is 11.2. The van der Waals surface area contributed by atoms with E-state index < -0.39 is 21.8 Å². The minimum atomic E-state index is -1.35. The molecule has 0 spiro atoms. The fourth-order valence-corrected chi connectivity index (χ4v) is 3.96. The first-order valence-electron chi connectivity index (χ1n) is 5.14. The van der Waals surface area contributed by atoms with Gasteiger partial charge in [-0.3, -0.25) is 0 Å². The van der Waals surface area contributed by atoms with E-state index >= 15 is 0 Å². The Labute approximate surface area is 101 Å². The van der Waals surface area contributed by atoms with Crippen LogP contribution in [0.25, 0.3) is 0 Å². The summed E-state index contributed by atoms with van der Waals surface area (Å²) < 4.78 is 5.22. The van der Waals surface area contributed by atoms with Gasteiger partial charge in [0.15, 0.2) is 0 Å². The van der Waals surface area contributed by atoms with E-state index in [0.29, 0.717) is 3.12 Å². The third-order valence-corrected chi connectivity index (χ3v) is 12.8. The molecular weight excluding hydrogens is 381 g/mol. The van der Waals surface area contributed by atoms with Gasteiger partial charge in [-0.25, -0.2) is 0 Å². The summed E-state index contributed by atoms with van der Waals surface area (Å²) in [7, 11) is 0. The van der Waals surface area contributed by atoms with Crippen LogP contribution in [0.5, 0.6) is 0 Å². The van der Waals surface area contributed by atoms with E-state index in [1.54, 1.807) is 6.92 Å². The molecule has 0 radical (unpaired) electrons. The summed E-state index contributed by atoms with van der Waals surface area (Å²) in [4.78, 5) is 11.2. The molecule has 0 aliphatic heterocycles. The van der Waals surface area contributed by atoms with Gasteiger partial charge in [0.05, 0.1) is 0 Å². The molecule has 0 aromatic heterocycles. The summed E-state index contributed by atoms with van der Waals surface area (Å²) in [5.74, 6) is 0.145. The number of benzene rings is 1. The van der Waals surface area contributed by atoms with Crippen LogP contribution in [0.1, 0.15) is 36.7 Å². The molecule has 1 rings (SSSR count). The van der Waals surface area contributed by atoms with Gasteiger partial charge in [-0.2, -0.15) is 0 Å². The van der Waals surface area contributed by atoms with Gasteiger partial charge in [0.2, 0.25) is 0 Å². The summed E-state index contributed by atoms with van der Waals surface area (Å²) in [6, 6.07) is 8.14. The van der Waals surface area contributed by atoms with Crippen LogP contribution in [-0.4, -0.2) is 27.5 Å². The van der Waals surface area contributed by atoms with Crippen LogP contribution < -0.4 is 0 Å². The maximum absolute atomic E-state index is 11.2. The summed E-state index contributed by atoms with van der Waals surface area (Å²) >= 11 is -1.35. The fraction of sp³-hybridized carbons (Fsp3) is 0.462. The standard InChI is InChI=1S/C11H13O.2CH3.Bi/c1-8(2)10-4-6-11(7-5-10)9(3)12;;;/h4-7H,1-3H3;2*1H3;. The van der Waals surface area contributed by atoms with Crippen molar-refractivity contribution >= 4 is 27.5 Å². The van der Waals surface area contributed by atoms with E-state index in [-0.39, 0.29) is 5.78 Å². The minimum absolute atomic E-state index is 0.145. The van der Waals surface area contributed by atoms with Crippen LogP contribution in [0, 0.1) is 0 Å². The third kappa shape index (κ3) is 2.87. The Hall–Kier alpha value is -0.227. The first kappa shape index (κ1) is 12.8. The molecule has 0 aliphatic rings. The molecule has 2 heteroatoms. The van der Waals surface area contributed by atoms with E-state index in [1.807, 2.05) is 12.1 Å². The predicted octanol–water partition coefficient (Wildman–Crippen LogP) is 3.46. The molecule has 0 atom stereocenters. The van der Waals surface area contributed by atoms with Gasteiger partial charge in [-0.05, 0) is 0 Å².